The first-order valence-corrected chi connectivity index (χ1v) is 5.62. The highest BCUT2D eigenvalue weighted by molar-refractivity contribution is 9.10. The number of hydrogen-bond acceptors (Lipinski definition) is 3. The van der Waals surface area contributed by atoms with E-state index in [1.54, 1.807) is 13.0 Å². The van der Waals surface area contributed by atoms with Gasteiger partial charge in [0.25, 0.3) is 11.5 Å². The third kappa shape index (κ3) is 2.44. The summed E-state index contributed by atoms with van der Waals surface area (Å²) in [5.41, 5.74) is 8.64. The van der Waals surface area contributed by atoms with Gasteiger partial charge >= 0.3 is 0 Å². The summed E-state index contributed by atoms with van der Waals surface area (Å²) in [5, 5.41) is 0. The normalized spacial score (nSPS) is 10.6. The number of aryl methyl sites for hydroxylation is 1. The molecule has 16 heavy (non-hydrogen) atoms. The molecule has 1 aromatic heterocycles. The van der Waals surface area contributed by atoms with Crippen molar-refractivity contribution in [3.63, 3.8) is 0 Å². The number of pyridine rings is 1. The monoisotopic (exact) mass is 287 g/mol. The lowest BCUT2D eigenvalue weighted by molar-refractivity contribution is 0.0990. The summed E-state index contributed by atoms with van der Waals surface area (Å²) in [6, 6.07) is 1.60. The van der Waals surface area contributed by atoms with Crippen LogP contribution in [0.5, 0.6) is 0 Å². The van der Waals surface area contributed by atoms with E-state index >= 15 is 0 Å². The minimum Gasteiger partial charge on any atom is -0.364 e. The van der Waals surface area contributed by atoms with Gasteiger partial charge in [0.1, 0.15) is 5.69 Å². The van der Waals surface area contributed by atoms with Gasteiger partial charge in [-0.15, -0.1) is 0 Å². The van der Waals surface area contributed by atoms with Crippen LogP contribution in [0.1, 0.15) is 29.9 Å². The van der Waals surface area contributed by atoms with Gasteiger partial charge in [-0.1, -0.05) is 0 Å². The van der Waals surface area contributed by atoms with E-state index in [9.17, 15) is 9.59 Å². The Bertz CT molecular complexity index is 480. The van der Waals surface area contributed by atoms with E-state index in [0.29, 0.717) is 10.0 Å². The fourth-order valence-corrected chi connectivity index (χ4v) is 1.91. The zero-order valence-corrected chi connectivity index (χ0v) is 11.0. The summed E-state index contributed by atoms with van der Waals surface area (Å²) >= 11 is 3.14. The van der Waals surface area contributed by atoms with Crippen LogP contribution in [0.2, 0.25) is 0 Å². The summed E-state index contributed by atoms with van der Waals surface area (Å²) in [6.45, 7) is 5.46. The minimum atomic E-state index is -0.629. The maximum atomic E-state index is 11.8. The van der Waals surface area contributed by atoms with Crippen molar-refractivity contribution in [2.75, 3.05) is 5.43 Å². The van der Waals surface area contributed by atoms with Crippen LogP contribution < -0.4 is 16.7 Å². The molecule has 6 heteroatoms. The first kappa shape index (κ1) is 12.8. The topological polar surface area (TPSA) is 77.1 Å². The van der Waals surface area contributed by atoms with Crippen LogP contribution in [0.3, 0.4) is 0 Å². The standard InChI is InChI=1S/C10H14BrN3O2/c1-5(2)13-14-8(9(12)15)6(3)4-7(11)10(14)16/h4-5,13H,1-3H3,(H2,12,15). The molecule has 0 bridgehead atoms. The molecular formula is C10H14BrN3O2. The molecule has 5 nitrogen and oxygen atoms in total. The number of nitrogens with two attached hydrogens (primary N) is 1. The second kappa shape index (κ2) is 4.69. The summed E-state index contributed by atoms with van der Waals surface area (Å²) in [7, 11) is 0. The molecule has 0 unspecified atom stereocenters. The Morgan fingerprint density at radius 2 is 2.12 bits per heavy atom. The first-order valence-electron chi connectivity index (χ1n) is 4.83. The number of nitrogens with one attached hydrogen (secondary N) is 1. The maximum absolute atomic E-state index is 11.8. The molecule has 0 saturated heterocycles. The van der Waals surface area contributed by atoms with Gasteiger partial charge in [-0.3, -0.25) is 9.59 Å². The molecule has 1 rings (SSSR count). The van der Waals surface area contributed by atoms with Crippen molar-refractivity contribution in [3.8, 4) is 0 Å². The predicted octanol–water partition coefficient (Wildman–Crippen LogP) is 0.970. The lowest BCUT2D eigenvalue weighted by atomic mass is 10.2. The Labute approximate surface area is 102 Å². The number of hydrogen-bond donors (Lipinski definition) is 2. The fraction of sp³-hybridized carbons (Fsp3) is 0.400. The molecule has 0 aliphatic heterocycles. The molecule has 1 heterocycles. The van der Waals surface area contributed by atoms with E-state index in [1.165, 1.54) is 4.68 Å². The molecule has 0 atom stereocenters. The van der Waals surface area contributed by atoms with Gasteiger partial charge in [-0.05, 0) is 48.3 Å². The van der Waals surface area contributed by atoms with Crippen molar-refractivity contribution in [2.24, 2.45) is 5.73 Å². The number of carbonyl (C=O) groups is 1. The van der Waals surface area contributed by atoms with E-state index in [-0.39, 0.29) is 17.3 Å². The fourth-order valence-electron chi connectivity index (χ4n) is 1.39. The Morgan fingerprint density at radius 3 is 2.56 bits per heavy atom. The highest BCUT2D eigenvalue weighted by atomic mass is 79.9. The van der Waals surface area contributed by atoms with Gasteiger partial charge < -0.3 is 11.2 Å². The summed E-state index contributed by atoms with van der Waals surface area (Å²) in [4.78, 5) is 23.1. The maximum Gasteiger partial charge on any atom is 0.283 e. The molecule has 0 fully saturated rings. The van der Waals surface area contributed by atoms with Gasteiger partial charge in [0.05, 0.1) is 4.47 Å². The number of amides is 1. The van der Waals surface area contributed by atoms with Gasteiger partial charge in [-0.25, -0.2) is 4.68 Å². The van der Waals surface area contributed by atoms with E-state index in [4.69, 9.17) is 5.73 Å². The summed E-state index contributed by atoms with van der Waals surface area (Å²) in [6.07, 6.45) is 0. The van der Waals surface area contributed by atoms with Crippen LogP contribution >= 0.6 is 15.9 Å². The number of primary amides is 1. The van der Waals surface area contributed by atoms with Crippen LogP contribution in [-0.4, -0.2) is 16.6 Å². The number of carbonyl (C=O) groups excluding carboxylic acids is 1. The van der Waals surface area contributed by atoms with E-state index < -0.39 is 5.91 Å². The molecule has 0 saturated carbocycles. The molecule has 0 aliphatic rings. The van der Waals surface area contributed by atoms with Gasteiger partial charge in [-0.2, -0.15) is 0 Å². The Kier molecular flexibility index (Phi) is 3.74. The molecule has 88 valence electrons. The second-order valence-electron chi connectivity index (χ2n) is 3.81. The molecule has 0 spiro atoms. The highest BCUT2D eigenvalue weighted by Crippen LogP contribution is 2.10. The quantitative estimate of drug-likeness (QED) is 0.870. The zero-order valence-electron chi connectivity index (χ0n) is 9.37. The van der Waals surface area contributed by atoms with Gasteiger partial charge in [0, 0.05) is 6.04 Å². The average Bonchev–Trinajstić information content (AvgIpc) is 2.12. The smallest absolute Gasteiger partial charge is 0.283 e. The predicted molar refractivity (Wildman–Crippen MR) is 66.2 cm³/mol. The second-order valence-corrected chi connectivity index (χ2v) is 4.67. The lowest BCUT2D eigenvalue weighted by Gasteiger charge is -2.17. The molecule has 0 radical (unpaired) electrons. The Morgan fingerprint density at radius 1 is 1.56 bits per heavy atom. The third-order valence-corrected chi connectivity index (χ3v) is 2.54. The molecule has 0 aliphatic carbocycles. The van der Waals surface area contributed by atoms with Gasteiger partial charge in [0.15, 0.2) is 0 Å². The van der Waals surface area contributed by atoms with Crippen molar-refractivity contribution >= 4 is 21.8 Å². The van der Waals surface area contributed by atoms with Crippen molar-refractivity contribution in [1.29, 1.82) is 0 Å². The van der Waals surface area contributed by atoms with E-state index in [0.717, 1.165) is 0 Å². The van der Waals surface area contributed by atoms with Crippen LogP contribution in [0.25, 0.3) is 0 Å². The van der Waals surface area contributed by atoms with Crippen LogP contribution in [0, 0.1) is 6.92 Å². The molecule has 3 N–H and O–H groups in total. The SMILES string of the molecule is Cc1cc(Br)c(=O)n(NC(C)C)c1C(N)=O. The van der Waals surface area contributed by atoms with Crippen LogP contribution in [0.4, 0.5) is 0 Å². The average molecular weight is 288 g/mol. The minimum absolute atomic E-state index is 0.0181. The van der Waals surface area contributed by atoms with Crippen LogP contribution in [0.15, 0.2) is 15.3 Å². The number of rotatable bonds is 3. The van der Waals surface area contributed by atoms with Gasteiger partial charge in [0.2, 0.25) is 0 Å². The Balaban J connectivity index is 3.52. The van der Waals surface area contributed by atoms with Crippen molar-refractivity contribution in [2.45, 2.75) is 26.8 Å². The summed E-state index contributed by atoms with van der Waals surface area (Å²) in [5.74, 6) is -0.629. The largest absolute Gasteiger partial charge is 0.364 e. The van der Waals surface area contributed by atoms with Crippen molar-refractivity contribution < 1.29 is 4.79 Å². The third-order valence-electron chi connectivity index (χ3n) is 1.97. The highest BCUT2D eigenvalue weighted by Gasteiger charge is 2.15. The van der Waals surface area contributed by atoms with Crippen LogP contribution in [-0.2, 0) is 0 Å². The van der Waals surface area contributed by atoms with E-state index in [2.05, 4.69) is 21.4 Å². The Hall–Kier alpha value is -1.30. The van der Waals surface area contributed by atoms with Crippen molar-refractivity contribution in [3.05, 3.63) is 32.2 Å². The molecule has 0 aromatic carbocycles. The number of aromatic nitrogens is 1. The number of nitrogens with zero attached hydrogens (tertiary/aromatic N) is 1. The first-order chi connectivity index (χ1) is 7.34. The number of halogens is 1. The molecule has 1 aromatic rings. The van der Waals surface area contributed by atoms with E-state index in [1.807, 2.05) is 13.8 Å². The van der Waals surface area contributed by atoms with Crippen molar-refractivity contribution in [1.82, 2.24) is 4.68 Å². The molecule has 1 amide bonds. The summed E-state index contributed by atoms with van der Waals surface area (Å²) < 4.78 is 1.58. The lowest BCUT2D eigenvalue weighted by Crippen LogP contribution is -2.39. The zero-order chi connectivity index (χ0) is 12.5. The molecular weight excluding hydrogens is 274 g/mol.